The molecule has 14 nitrogen and oxygen atoms in total. The Morgan fingerprint density at radius 2 is 1.58 bits per heavy atom. The number of aliphatic hydroxyl groups excluding tert-OH is 1. The summed E-state index contributed by atoms with van der Waals surface area (Å²) < 4.78 is 0. The van der Waals surface area contributed by atoms with Crippen LogP contribution in [-0.2, 0) is 45.1 Å². The van der Waals surface area contributed by atoms with Gasteiger partial charge in [0.05, 0.1) is 27.9 Å². The number of ketones is 2. The number of Topliss-reactive ketones (excluding diaryl/α,β-unsaturated/α-hetero) is 2. The van der Waals surface area contributed by atoms with Gasteiger partial charge in [-0.05, 0) is 77.3 Å². The molecule has 2 aliphatic rings. The Hall–Kier alpha value is -6.81. The highest BCUT2D eigenvalue weighted by Crippen LogP contribution is 2.34. The molecule has 3 atom stereocenters. The van der Waals surface area contributed by atoms with E-state index in [1.165, 1.54) is 4.90 Å². The van der Waals surface area contributed by atoms with E-state index in [4.69, 9.17) is 4.98 Å². The highest BCUT2D eigenvalue weighted by atomic mass is 32.1. The fourth-order valence-corrected chi connectivity index (χ4v) is 10.5. The molecule has 0 unspecified atom stereocenters. The maximum Gasteiger partial charge on any atom is 0.243 e. The molecule has 8 rings (SSSR count). The number of carbonyl (C=O) groups is 5. The van der Waals surface area contributed by atoms with Crippen LogP contribution in [0.1, 0.15) is 103 Å². The molecule has 2 aliphatic heterocycles. The van der Waals surface area contributed by atoms with Gasteiger partial charge in [0.1, 0.15) is 17.6 Å². The zero-order valence-corrected chi connectivity index (χ0v) is 43.4. The van der Waals surface area contributed by atoms with Crippen LogP contribution in [0.2, 0.25) is 0 Å². The first-order valence-electron chi connectivity index (χ1n) is 25.3. The zero-order valence-electron chi connectivity index (χ0n) is 42.6. The standard InChI is InChI=1S/C58H66N8O6S/c1-38-11-12-42(28-46(38)30-53-60-23-21-50(63-53)45-8-7-22-59-34-45)29-52(69)43-17-15-41(16-18-43)35-64-24-26-65(27-25-64)54(70)10-6-9-47(67)31-49(58(3,4)5)57(72)66-36-48(68)32-51(66)56(71)61-33-40-13-19-44(20-14-40)55-39(2)62-37-73-55/h7-8,11-23,28,34,37,48-49,51,68H,6,9-10,24-27,29-33,35-36H2,1-5H3,(H,61,71)/t48-,49-,51+/m1/s1. The van der Waals surface area contributed by atoms with Gasteiger partial charge in [-0.2, -0.15) is 0 Å². The number of pyridine rings is 1. The van der Waals surface area contributed by atoms with Crippen LogP contribution < -0.4 is 5.32 Å². The fraction of sp³-hybridized carbons (Fsp3) is 0.397. The Balaban J connectivity index is 0.752. The summed E-state index contributed by atoms with van der Waals surface area (Å²) in [6.07, 6.45) is 6.18. The monoisotopic (exact) mass is 1000 g/mol. The number of benzene rings is 3. The molecule has 3 aromatic carbocycles. The summed E-state index contributed by atoms with van der Waals surface area (Å²) in [5, 5.41) is 13.6. The molecular weight excluding hydrogens is 937 g/mol. The molecule has 0 saturated carbocycles. The van der Waals surface area contributed by atoms with E-state index >= 15 is 0 Å². The normalized spacial score (nSPS) is 16.6. The van der Waals surface area contributed by atoms with Gasteiger partial charge >= 0.3 is 0 Å². The summed E-state index contributed by atoms with van der Waals surface area (Å²) in [7, 11) is 0. The predicted molar refractivity (Wildman–Crippen MR) is 282 cm³/mol. The molecule has 2 saturated heterocycles. The Labute approximate surface area is 432 Å². The van der Waals surface area contributed by atoms with Gasteiger partial charge in [0.25, 0.3) is 0 Å². The molecule has 6 aromatic rings. The van der Waals surface area contributed by atoms with Crippen molar-refractivity contribution in [2.24, 2.45) is 11.3 Å². The van der Waals surface area contributed by atoms with Crippen LogP contribution >= 0.6 is 11.3 Å². The summed E-state index contributed by atoms with van der Waals surface area (Å²) in [5.74, 6) is -0.712. The van der Waals surface area contributed by atoms with E-state index in [9.17, 15) is 29.1 Å². The van der Waals surface area contributed by atoms with Gasteiger partial charge in [-0.15, -0.1) is 11.3 Å². The maximum atomic E-state index is 14.2. The Morgan fingerprint density at radius 1 is 0.836 bits per heavy atom. The van der Waals surface area contributed by atoms with E-state index in [2.05, 4.69) is 38.2 Å². The van der Waals surface area contributed by atoms with Gasteiger partial charge in [0.2, 0.25) is 17.7 Å². The molecule has 5 heterocycles. The molecule has 0 aliphatic carbocycles. The van der Waals surface area contributed by atoms with Crippen LogP contribution in [0.4, 0.5) is 0 Å². The lowest BCUT2D eigenvalue weighted by molar-refractivity contribution is -0.146. The number of likely N-dealkylation sites (tertiary alicyclic amines) is 1. The van der Waals surface area contributed by atoms with Crippen LogP contribution in [-0.4, -0.2) is 114 Å². The van der Waals surface area contributed by atoms with Gasteiger partial charge in [0, 0.05) is 120 Å². The lowest BCUT2D eigenvalue weighted by Crippen LogP contribution is -2.50. The molecule has 0 radical (unpaired) electrons. The smallest absolute Gasteiger partial charge is 0.243 e. The molecule has 380 valence electrons. The first kappa shape index (κ1) is 52.5. The number of amides is 3. The number of carbonyl (C=O) groups excluding carboxylic acids is 5. The molecular formula is C58H66N8O6S. The molecule has 15 heteroatoms. The topological polar surface area (TPSA) is 179 Å². The van der Waals surface area contributed by atoms with E-state index in [1.807, 2.05) is 117 Å². The number of thiazole rings is 1. The van der Waals surface area contributed by atoms with Crippen molar-refractivity contribution in [3.05, 3.63) is 154 Å². The summed E-state index contributed by atoms with van der Waals surface area (Å²) in [6, 6.07) is 26.7. The second kappa shape index (κ2) is 23.8. The fourth-order valence-electron chi connectivity index (χ4n) is 9.71. The molecule has 0 bridgehead atoms. The summed E-state index contributed by atoms with van der Waals surface area (Å²) in [5.41, 5.74) is 10.8. The third-order valence-electron chi connectivity index (χ3n) is 14.1. The summed E-state index contributed by atoms with van der Waals surface area (Å²) in [4.78, 5) is 92.4. The van der Waals surface area contributed by atoms with Crippen molar-refractivity contribution in [1.82, 2.24) is 40.0 Å². The molecule has 2 fully saturated rings. The number of β-amino-alcohol motifs (C(OH)–C–C–N with tert-alkyl or cyclic N) is 1. The van der Waals surface area contributed by atoms with Gasteiger partial charge in [-0.3, -0.25) is 33.9 Å². The van der Waals surface area contributed by atoms with Crippen LogP contribution in [0.15, 0.2) is 109 Å². The number of rotatable bonds is 19. The quantitative estimate of drug-likeness (QED) is 0.0752. The second-order valence-corrected chi connectivity index (χ2v) is 21.4. The molecule has 73 heavy (non-hydrogen) atoms. The zero-order chi connectivity index (χ0) is 51.6. The largest absolute Gasteiger partial charge is 0.391 e. The van der Waals surface area contributed by atoms with E-state index in [0.717, 1.165) is 55.2 Å². The van der Waals surface area contributed by atoms with E-state index in [1.54, 1.807) is 29.9 Å². The van der Waals surface area contributed by atoms with Crippen LogP contribution in [0.25, 0.3) is 21.7 Å². The summed E-state index contributed by atoms with van der Waals surface area (Å²) >= 11 is 1.58. The number of aryl methyl sites for hydroxylation is 2. The molecule has 3 aromatic heterocycles. The number of nitrogens with one attached hydrogen (secondary N) is 1. The number of hydrogen-bond acceptors (Lipinski definition) is 12. The predicted octanol–water partition coefficient (Wildman–Crippen LogP) is 8.01. The van der Waals surface area contributed by atoms with Crippen molar-refractivity contribution in [1.29, 1.82) is 0 Å². The van der Waals surface area contributed by atoms with E-state index in [-0.39, 0.29) is 74.5 Å². The average Bonchev–Trinajstić information content (AvgIpc) is 4.01. The lowest BCUT2D eigenvalue weighted by atomic mass is 9.76. The van der Waals surface area contributed by atoms with E-state index in [0.29, 0.717) is 57.0 Å². The SMILES string of the molecule is Cc1ccc(CC(=O)c2ccc(CN3CCN(C(=O)CCCC(=O)C[C@H](C(=O)N4C[C@H](O)C[C@H]4C(=O)NCc4ccc(-c5scnc5C)cc4)C(C)(C)C)CC3)cc2)cc1Cc1nccc(-c2cccnc2)n1. The molecule has 0 spiro atoms. The van der Waals surface area contributed by atoms with Crippen molar-refractivity contribution in [2.45, 2.75) is 105 Å². The third-order valence-corrected chi connectivity index (χ3v) is 15.1. The van der Waals surface area contributed by atoms with Crippen molar-refractivity contribution in [3.63, 3.8) is 0 Å². The number of hydrogen-bond donors (Lipinski definition) is 2. The second-order valence-electron chi connectivity index (χ2n) is 20.6. The Kier molecular flexibility index (Phi) is 17.1. The number of nitrogens with zero attached hydrogens (tertiary/aromatic N) is 7. The highest BCUT2D eigenvalue weighted by molar-refractivity contribution is 7.13. The lowest BCUT2D eigenvalue weighted by Gasteiger charge is -2.35. The average molecular weight is 1000 g/mol. The first-order valence-corrected chi connectivity index (χ1v) is 26.2. The number of aliphatic hydroxyl groups is 1. The molecule has 2 N–H and O–H groups in total. The minimum absolute atomic E-state index is 0.00795. The van der Waals surface area contributed by atoms with Crippen molar-refractivity contribution in [3.8, 4) is 21.7 Å². The summed E-state index contributed by atoms with van der Waals surface area (Å²) in [6.45, 7) is 13.3. The van der Waals surface area contributed by atoms with Gasteiger partial charge < -0.3 is 20.2 Å². The minimum Gasteiger partial charge on any atom is -0.391 e. The molecule has 3 amide bonds. The first-order chi connectivity index (χ1) is 35.1. The van der Waals surface area contributed by atoms with Crippen LogP contribution in [0, 0.1) is 25.2 Å². The minimum atomic E-state index is -0.850. The van der Waals surface area contributed by atoms with Crippen molar-refractivity contribution in [2.75, 3.05) is 32.7 Å². The third kappa shape index (κ3) is 13.8. The van der Waals surface area contributed by atoms with Crippen molar-refractivity contribution >= 4 is 40.6 Å². The van der Waals surface area contributed by atoms with Gasteiger partial charge in [0.15, 0.2) is 5.78 Å². The Bertz CT molecular complexity index is 2890. The maximum absolute atomic E-state index is 14.2. The van der Waals surface area contributed by atoms with Crippen LogP contribution in [0.5, 0.6) is 0 Å². The Morgan fingerprint density at radius 3 is 2.27 bits per heavy atom. The van der Waals surface area contributed by atoms with E-state index < -0.39 is 23.5 Å². The number of aromatic nitrogens is 4. The van der Waals surface area contributed by atoms with Gasteiger partial charge in [-0.25, -0.2) is 15.0 Å². The number of piperazine rings is 1. The van der Waals surface area contributed by atoms with Crippen LogP contribution in [0.3, 0.4) is 0 Å². The highest BCUT2D eigenvalue weighted by Gasteiger charge is 2.44. The van der Waals surface area contributed by atoms with Gasteiger partial charge in [-0.1, -0.05) is 87.5 Å². The van der Waals surface area contributed by atoms with Crippen molar-refractivity contribution < 1.29 is 29.1 Å².